The summed E-state index contributed by atoms with van der Waals surface area (Å²) in [6, 6.07) is 12.6. The summed E-state index contributed by atoms with van der Waals surface area (Å²) in [7, 11) is 0. The van der Waals surface area contributed by atoms with E-state index in [9.17, 15) is 14.9 Å². The molecule has 1 heterocycles. The van der Waals surface area contributed by atoms with Crippen LogP contribution in [0.3, 0.4) is 0 Å². The van der Waals surface area contributed by atoms with E-state index in [2.05, 4.69) is 17.1 Å². The normalized spacial score (nSPS) is 14.7. The molecule has 2 aromatic rings. The van der Waals surface area contributed by atoms with E-state index in [1.54, 1.807) is 12.1 Å². The van der Waals surface area contributed by atoms with E-state index in [0.29, 0.717) is 43.4 Å². The van der Waals surface area contributed by atoms with E-state index in [4.69, 9.17) is 11.6 Å². The van der Waals surface area contributed by atoms with Gasteiger partial charge >= 0.3 is 0 Å². The third-order valence-electron chi connectivity index (χ3n) is 4.83. The molecule has 1 saturated heterocycles. The Morgan fingerprint density at radius 3 is 2.61 bits per heavy atom. The SMILES string of the molecule is CCc1cccc(NC(=O)CN2CCN(c3ccc(Cl)cc3[N+](=O)[O-])CC2)c1. The number of carbonyl (C=O) groups excluding carboxylic acids is 1. The van der Waals surface area contributed by atoms with E-state index in [0.717, 1.165) is 12.1 Å². The maximum absolute atomic E-state index is 12.3. The Morgan fingerprint density at radius 1 is 1.18 bits per heavy atom. The second-order valence-electron chi connectivity index (χ2n) is 6.76. The molecule has 0 aromatic heterocycles. The minimum Gasteiger partial charge on any atom is -0.363 e. The number of nitro benzene ring substituents is 1. The first-order valence-corrected chi connectivity index (χ1v) is 9.64. The van der Waals surface area contributed by atoms with Gasteiger partial charge in [-0.1, -0.05) is 30.7 Å². The summed E-state index contributed by atoms with van der Waals surface area (Å²) in [5, 5.41) is 14.6. The second-order valence-corrected chi connectivity index (χ2v) is 7.19. The molecule has 0 spiro atoms. The van der Waals surface area contributed by atoms with Crippen molar-refractivity contribution in [2.45, 2.75) is 13.3 Å². The molecule has 148 valence electrons. The number of nitro groups is 1. The zero-order valence-electron chi connectivity index (χ0n) is 15.7. The maximum Gasteiger partial charge on any atom is 0.294 e. The largest absolute Gasteiger partial charge is 0.363 e. The van der Waals surface area contributed by atoms with Gasteiger partial charge in [0.15, 0.2) is 0 Å². The number of amides is 1. The first-order chi connectivity index (χ1) is 13.5. The number of aryl methyl sites for hydroxylation is 1. The van der Waals surface area contributed by atoms with Crippen molar-refractivity contribution in [3.05, 3.63) is 63.2 Å². The Balaban J connectivity index is 1.55. The van der Waals surface area contributed by atoms with E-state index in [1.165, 1.54) is 11.6 Å². The summed E-state index contributed by atoms with van der Waals surface area (Å²) in [5.74, 6) is -0.0563. The predicted octanol–water partition coefficient (Wildman–Crippen LogP) is 3.57. The maximum atomic E-state index is 12.3. The molecule has 28 heavy (non-hydrogen) atoms. The monoisotopic (exact) mass is 402 g/mol. The molecule has 0 aliphatic carbocycles. The summed E-state index contributed by atoms with van der Waals surface area (Å²) in [6.07, 6.45) is 0.919. The summed E-state index contributed by atoms with van der Waals surface area (Å²) in [6.45, 7) is 4.91. The van der Waals surface area contributed by atoms with Crippen LogP contribution in [0.1, 0.15) is 12.5 Å². The van der Waals surface area contributed by atoms with Gasteiger partial charge in [-0.05, 0) is 36.2 Å². The number of hydrogen-bond acceptors (Lipinski definition) is 5. The van der Waals surface area contributed by atoms with E-state index in [-0.39, 0.29) is 11.6 Å². The van der Waals surface area contributed by atoms with Crippen LogP contribution >= 0.6 is 11.6 Å². The molecule has 8 heteroatoms. The molecule has 1 N–H and O–H groups in total. The Kier molecular flexibility index (Phi) is 6.49. The fourth-order valence-corrected chi connectivity index (χ4v) is 3.50. The first-order valence-electron chi connectivity index (χ1n) is 9.26. The Morgan fingerprint density at radius 2 is 1.93 bits per heavy atom. The standard InChI is InChI=1S/C20H23ClN4O3/c1-2-15-4-3-5-17(12-15)22-20(26)14-23-8-10-24(11-9-23)18-7-6-16(21)13-19(18)25(27)28/h3-7,12-13H,2,8-11,14H2,1H3,(H,22,26). The average Bonchev–Trinajstić information content (AvgIpc) is 2.68. The number of hydrogen-bond donors (Lipinski definition) is 1. The fraction of sp³-hybridized carbons (Fsp3) is 0.350. The van der Waals surface area contributed by atoms with Crippen molar-refractivity contribution in [1.29, 1.82) is 0 Å². The van der Waals surface area contributed by atoms with Crippen molar-refractivity contribution in [3.63, 3.8) is 0 Å². The van der Waals surface area contributed by atoms with Crippen LogP contribution < -0.4 is 10.2 Å². The number of nitrogens with one attached hydrogen (secondary N) is 1. The van der Waals surface area contributed by atoms with Crippen molar-refractivity contribution in [1.82, 2.24) is 4.90 Å². The average molecular weight is 403 g/mol. The van der Waals surface area contributed by atoms with Crippen LogP contribution in [-0.4, -0.2) is 48.5 Å². The van der Waals surface area contributed by atoms with Crippen molar-refractivity contribution >= 4 is 34.6 Å². The second kappa shape index (κ2) is 9.03. The third-order valence-corrected chi connectivity index (χ3v) is 5.07. The van der Waals surface area contributed by atoms with Crippen molar-refractivity contribution in [3.8, 4) is 0 Å². The highest BCUT2D eigenvalue weighted by atomic mass is 35.5. The molecule has 2 aromatic carbocycles. The lowest BCUT2D eigenvalue weighted by Crippen LogP contribution is -2.48. The van der Waals surface area contributed by atoms with Gasteiger partial charge in [0, 0.05) is 43.0 Å². The number of carbonyl (C=O) groups is 1. The number of nitrogens with zero attached hydrogens (tertiary/aromatic N) is 3. The fourth-order valence-electron chi connectivity index (χ4n) is 3.33. The molecular formula is C20H23ClN4O3. The summed E-state index contributed by atoms with van der Waals surface area (Å²) < 4.78 is 0. The Bertz CT molecular complexity index is 866. The van der Waals surface area contributed by atoms with Gasteiger partial charge in [-0.15, -0.1) is 0 Å². The van der Waals surface area contributed by atoms with Crippen LogP contribution in [0.15, 0.2) is 42.5 Å². The van der Waals surface area contributed by atoms with Gasteiger partial charge in [-0.2, -0.15) is 0 Å². The number of piperazine rings is 1. The topological polar surface area (TPSA) is 78.7 Å². The Hall–Kier alpha value is -2.64. The molecule has 0 atom stereocenters. The van der Waals surface area contributed by atoms with Crippen LogP contribution in [0.4, 0.5) is 17.1 Å². The number of anilines is 2. The number of rotatable bonds is 6. The molecule has 7 nitrogen and oxygen atoms in total. The van der Waals surface area contributed by atoms with Crippen molar-refractivity contribution < 1.29 is 9.72 Å². The number of halogens is 1. The Labute approximate surface area is 169 Å². The summed E-state index contributed by atoms with van der Waals surface area (Å²) in [5.41, 5.74) is 2.56. The van der Waals surface area contributed by atoms with Crippen LogP contribution in [-0.2, 0) is 11.2 Å². The molecule has 1 amide bonds. The van der Waals surface area contributed by atoms with Gasteiger partial charge in [-0.25, -0.2) is 0 Å². The van der Waals surface area contributed by atoms with Crippen molar-refractivity contribution in [2.75, 3.05) is 42.9 Å². The van der Waals surface area contributed by atoms with Crippen LogP contribution in [0.2, 0.25) is 5.02 Å². The zero-order valence-corrected chi connectivity index (χ0v) is 16.5. The molecule has 1 fully saturated rings. The van der Waals surface area contributed by atoms with Crippen LogP contribution in [0.25, 0.3) is 0 Å². The number of benzene rings is 2. The lowest BCUT2D eigenvalue weighted by molar-refractivity contribution is -0.384. The van der Waals surface area contributed by atoms with Gasteiger partial charge in [0.25, 0.3) is 5.69 Å². The van der Waals surface area contributed by atoms with E-state index >= 15 is 0 Å². The molecule has 0 unspecified atom stereocenters. The first kappa shape index (κ1) is 20.1. The quantitative estimate of drug-likeness (QED) is 0.590. The lowest BCUT2D eigenvalue weighted by Gasteiger charge is -2.35. The van der Waals surface area contributed by atoms with E-state index < -0.39 is 4.92 Å². The minimum absolute atomic E-state index is 0.00880. The highest BCUT2D eigenvalue weighted by Crippen LogP contribution is 2.31. The van der Waals surface area contributed by atoms with Gasteiger partial charge in [-0.3, -0.25) is 19.8 Å². The summed E-state index contributed by atoms with van der Waals surface area (Å²) >= 11 is 5.89. The van der Waals surface area contributed by atoms with Gasteiger partial charge in [0.05, 0.1) is 11.5 Å². The summed E-state index contributed by atoms with van der Waals surface area (Å²) in [4.78, 5) is 27.3. The molecule has 0 radical (unpaired) electrons. The van der Waals surface area contributed by atoms with E-state index in [1.807, 2.05) is 29.2 Å². The molecule has 0 saturated carbocycles. The molecule has 1 aliphatic rings. The smallest absolute Gasteiger partial charge is 0.294 e. The molecule has 0 bridgehead atoms. The highest BCUT2D eigenvalue weighted by Gasteiger charge is 2.24. The van der Waals surface area contributed by atoms with Gasteiger partial charge in [0.2, 0.25) is 5.91 Å². The van der Waals surface area contributed by atoms with Gasteiger partial charge in [0.1, 0.15) is 5.69 Å². The van der Waals surface area contributed by atoms with Gasteiger partial charge < -0.3 is 10.2 Å². The third kappa shape index (κ3) is 4.99. The minimum atomic E-state index is -0.411. The highest BCUT2D eigenvalue weighted by molar-refractivity contribution is 6.30. The predicted molar refractivity (Wildman–Crippen MR) is 111 cm³/mol. The molecular weight excluding hydrogens is 380 g/mol. The van der Waals surface area contributed by atoms with Crippen LogP contribution in [0.5, 0.6) is 0 Å². The molecule has 1 aliphatic heterocycles. The zero-order chi connectivity index (χ0) is 20.1. The van der Waals surface area contributed by atoms with Crippen molar-refractivity contribution in [2.24, 2.45) is 0 Å². The molecule has 3 rings (SSSR count). The lowest BCUT2D eigenvalue weighted by atomic mass is 10.1. The van der Waals surface area contributed by atoms with Crippen LogP contribution in [0, 0.1) is 10.1 Å².